The maximum Gasteiger partial charge on any atom is 0.142 e. The molecule has 0 saturated carbocycles. The summed E-state index contributed by atoms with van der Waals surface area (Å²) in [7, 11) is 0. The van der Waals surface area contributed by atoms with Crippen molar-refractivity contribution in [2.45, 2.75) is 31.7 Å². The molecule has 1 aromatic carbocycles. The number of anilines is 1. The van der Waals surface area contributed by atoms with E-state index in [1.807, 2.05) is 13.1 Å². The molecule has 1 saturated heterocycles. The van der Waals surface area contributed by atoms with Crippen molar-refractivity contribution in [1.82, 2.24) is 10.3 Å². The number of aliphatic imine (C=N–C) groups is 1. The minimum absolute atomic E-state index is 0.0824. The average molecular weight is 421 g/mol. The smallest absolute Gasteiger partial charge is 0.142 e. The van der Waals surface area contributed by atoms with Gasteiger partial charge in [0.1, 0.15) is 11.6 Å². The summed E-state index contributed by atoms with van der Waals surface area (Å²) in [6.07, 6.45) is 4.35. The van der Waals surface area contributed by atoms with Crippen molar-refractivity contribution in [3.05, 3.63) is 57.5 Å². The number of hydrogen-bond acceptors (Lipinski definition) is 4. The van der Waals surface area contributed by atoms with Crippen molar-refractivity contribution >= 4 is 34.7 Å². The van der Waals surface area contributed by atoms with E-state index in [-0.39, 0.29) is 17.0 Å². The molecular formula is C21H23Cl2FN4. The Morgan fingerprint density at radius 1 is 1.18 bits per heavy atom. The zero-order valence-electron chi connectivity index (χ0n) is 15.8. The summed E-state index contributed by atoms with van der Waals surface area (Å²) in [5.41, 5.74) is 2.57. The first kappa shape index (κ1) is 19.6. The molecule has 1 N–H and O–H groups in total. The first-order chi connectivity index (χ1) is 13.5. The van der Waals surface area contributed by atoms with E-state index >= 15 is 0 Å². The van der Waals surface area contributed by atoms with Crippen molar-refractivity contribution in [1.29, 1.82) is 0 Å². The summed E-state index contributed by atoms with van der Waals surface area (Å²) in [5.74, 6) is 0.451. The standard InChI is InChI=1S/C21H23Cl2FN4/c1-13(20-15(22)5-6-16(24)21(20)23)17-11-25-12-18(27-17)14-4-7-19(26-10-14)28-8-2-3-9-28/h4-7,10,13,17,25H,2-3,8-9,11-12H2,1H3. The van der Waals surface area contributed by atoms with Crippen molar-refractivity contribution in [2.24, 2.45) is 4.99 Å². The molecule has 2 aliphatic rings. The van der Waals surface area contributed by atoms with Gasteiger partial charge in [-0.25, -0.2) is 9.37 Å². The van der Waals surface area contributed by atoms with Gasteiger partial charge in [0.2, 0.25) is 0 Å². The van der Waals surface area contributed by atoms with Gasteiger partial charge >= 0.3 is 0 Å². The van der Waals surface area contributed by atoms with Crippen LogP contribution in [-0.2, 0) is 0 Å². The van der Waals surface area contributed by atoms with Crippen molar-refractivity contribution in [2.75, 3.05) is 31.1 Å². The highest BCUT2D eigenvalue weighted by Gasteiger charge is 2.27. The number of benzene rings is 1. The molecule has 0 amide bonds. The largest absolute Gasteiger partial charge is 0.357 e. The fourth-order valence-corrected chi connectivity index (χ4v) is 4.65. The molecule has 2 aliphatic heterocycles. The van der Waals surface area contributed by atoms with E-state index < -0.39 is 5.82 Å². The topological polar surface area (TPSA) is 40.5 Å². The van der Waals surface area contributed by atoms with Crippen molar-refractivity contribution in [3.63, 3.8) is 0 Å². The first-order valence-electron chi connectivity index (χ1n) is 9.66. The van der Waals surface area contributed by atoms with E-state index in [2.05, 4.69) is 27.3 Å². The highest BCUT2D eigenvalue weighted by Crippen LogP contribution is 2.36. The predicted octanol–water partition coefficient (Wildman–Crippen LogP) is 4.69. The normalized spacial score (nSPS) is 20.9. The second-order valence-electron chi connectivity index (χ2n) is 7.42. The van der Waals surface area contributed by atoms with Gasteiger partial charge in [-0.05, 0) is 42.7 Å². The van der Waals surface area contributed by atoms with Gasteiger partial charge in [0.15, 0.2) is 0 Å². The Hall–Kier alpha value is -1.69. The molecule has 7 heteroatoms. The summed E-state index contributed by atoms with van der Waals surface area (Å²) in [6, 6.07) is 6.91. The number of nitrogens with zero attached hydrogens (tertiary/aromatic N) is 3. The van der Waals surface area contributed by atoms with Gasteiger partial charge in [-0.1, -0.05) is 30.1 Å². The second-order valence-corrected chi connectivity index (χ2v) is 8.20. The van der Waals surface area contributed by atoms with Crippen LogP contribution < -0.4 is 10.2 Å². The zero-order valence-corrected chi connectivity index (χ0v) is 17.3. The molecule has 1 fully saturated rings. The molecule has 2 unspecified atom stereocenters. The maximum atomic E-state index is 13.9. The van der Waals surface area contributed by atoms with E-state index in [4.69, 9.17) is 28.2 Å². The van der Waals surface area contributed by atoms with Crippen LogP contribution in [0.2, 0.25) is 10.0 Å². The summed E-state index contributed by atoms with van der Waals surface area (Å²) in [6.45, 7) is 5.50. The highest BCUT2D eigenvalue weighted by molar-refractivity contribution is 6.36. The third-order valence-electron chi connectivity index (χ3n) is 5.59. The van der Waals surface area contributed by atoms with E-state index in [1.165, 1.54) is 18.9 Å². The third kappa shape index (κ3) is 3.88. The number of halogens is 3. The molecule has 0 aliphatic carbocycles. The van der Waals surface area contributed by atoms with Crippen LogP contribution in [0.15, 0.2) is 35.5 Å². The number of pyridine rings is 1. The lowest BCUT2D eigenvalue weighted by atomic mass is 9.92. The quantitative estimate of drug-likeness (QED) is 0.729. The minimum atomic E-state index is -0.456. The highest BCUT2D eigenvalue weighted by atomic mass is 35.5. The minimum Gasteiger partial charge on any atom is -0.357 e. The van der Waals surface area contributed by atoms with Crippen LogP contribution in [0.1, 0.15) is 36.8 Å². The van der Waals surface area contributed by atoms with Gasteiger partial charge in [-0.15, -0.1) is 0 Å². The van der Waals surface area contributed by atoms with E-state index in [9.17, 15) is 4.39 Å². The Kier molecular flexibility index (Phi) is 5.85. The van der Waals surface area contributed by atoms with Crippen molar-refractivity contribution < 1.29 is 4.39 Å². The van der Waals surface area contributed by atoms with Gasteiger partial charge < -0.3 is 10.2 Å². The van der Waals surface area contributed by atoms with Gasteiger partial charge in [0.25, 0.3) is 0 Å². The number of rotatable bonds is 4. The molecule has 0 bridgehead atoms. The van der Waals surface area contributed by atoms with Crippen LogP contribution >= 0.6 is 23.2 Å². The summed E-state index contributed by atoms with van der Waals surface area (Å²) in [5, 5.41) is 3.96. The molecule has 0 radical (unpaired) electrons. The first-order valence-corrected chi connectivity index (χ1v) is 10.4. The molecule has 148 valence electrons. The van der Waals surface area contributed by atoms with Gasteiger partial charge in [0, 0.05) is 48.9 Å². The van der Waals surface area contributed by atoms with Crippen LogP contribution in [0.4, 0.5) is 10.2 Å². The lowest BCUT2D eigenvalue weighted by Crippen LogP contribution is -2.39. The summed E-state index contributed by atoms with van der Waals surface area (Å²) < 4.78 is 13.9. The molecule has 0 spiro atoms. The Morgan fingerprint density at radius 3 is 2.68 bits per heavy atom. The molecule has 28 heavy (non-hydrogen) atoms. The lowest BCUT2D eigenvalue weighted by Gasteiger charge is -2.28. The van der Waals surface area contributed by atoms with Gasteiger partial charge in [0.05, 0.1) is 16.8 Å². The monoisotopic (exact) mass is 420 g/mol. The van der Waals surface area contributed by atoms with E-state index in [1.54, 1.807) is 6.07 Å². The van der Waals surface area contributed by atoms with Crippen LogP contribution in [0, 0.1) is 5.82 Å². The molecule has 1 aromatic heterocycles. The molecular weight excluding hydrogens is 398 g/mol. The number of aromatic nitrogens is 1. The van der Waals surface area contributed by atoms with E-state index in [0.29, 0.717) is 23.7 Å². The van der Waals surface area contributed by atoms with Gasteiger partial charge in [-0.3, -0.25) is 4.99 Å². The fourth-order valence-electron chi connectivity index (χ4n) is 3.94. The molecule has 3 heterocycles. The van der Waals surface area contributed by atoms with Crippen LogP contribution in [0.3, 0.4) is 0 Å². The SMILES string of the molecule is CC(c1c(Cl)ccc(F)c1Cl)C1CNCC(c2ccc(N3CCCC3)nc2)=N1. The molecule has 4 rings (SSSR count). The predicted molar refractivity (Wildman–Crippen MR) is 114 cm³/mol. The molecule has 2 atom stereocenters. The van der Waals surface area contributed by atoms with Crippen LogP contribution in [-0.4, -0.2) is 42.9 Å². The maximum absolute atomic E-state index is 13.9. The van der Waals surface area contributed by atoms with Crippen LogP contribution in [0.5, 0.6) is 0 Å². The zero-order chi connectivity index (χ0) is 19.7. The lowest BCUT2D eigenvalue weighted by molar-refractivity contribution is 0.512. The summed E-state index contributed by atoms with van der Waals surface area (Å²) >= 11 is 12.5. The Labute approximate surface area is 174 Å². The van der Waals surface area contributed by atoms with Gasteiger partial charge in [-0.2, -0.15) is 0 Å². The van der Waals surface area contributed by atoms with E-state index in [0.717, 1.165) is 30.2 Å². The number of nitrogens with one attached hydrogen (secondary N) is 1. The van der Waals surface area contributed by atoms with Crippen LogP contribution in [0.25, 0.3) is 0 Å². The molecule has 4 nitrogen and oxygen atoms in total. The number of hydrogen-bond donors (Lipinski definition) is 1. The third-order valence-corrected chi connectivity index (χ3v) is 6.30. The van der Waals surface area contributed by atoms with Crippen molar-refractivity contribution in [3.8, 4) is 0 Å². The summed E-state index contributed by atoms with van der Waals surface area (Å²) in [4.78, 5) is 11.9. The Morgan fingerprint density at radius 2 is 1.96 bits per heavy atom. The second kappa shape index (κ2) is 8.36. The molecule has 2 aromatic rings. The Balaban J connectivity index is 1.57. The fraction of sp³-hybridized carbons (Fsp3) is 0.429. The average Bonchev–Trinajstić information content (AvgIpc) is 3.26. The Bertz CT molecular complexity index is 879.